The smallest absolute Gasteiger partial charge is 0.157 e. The molecule has 1 aliphatic rings. The highest BCUT2D eigenvalue weighted by molar-refractivity contribution is 5.73. The second kappa shape index (κ2) is 6.14. The van der Waals surface area contributed by atoms with Crippen molar-refractivity contribution < 1.29 is 13.2 Å². The zero-order valence-electron chi connectivity index (χ0n) is 14.5. The third-order valence-corrected chi connectivity index (χ3v) is 4.84. The molecule has 0 amide bonds. The number of benzene rings is 2. The molecular formula is C20H21F3N2. The molecule has 5 heteroatoms. The van der Waals surface area contributed by atoms with Crippen LogP contribution in [0, 0.1) is 28.8 Å². The standard InChI is InChI=1S/C20H21F3N2/c1-11(15-10-20(15,2)3)25-12-5-7-16(21)14(9-12)13-6-8-17(22)19(24-4)18(13)23/h5-9,15,24-25H,1,10H2,2-4H3. The second-order valence-electron chi connectivity index (χ2n) is 7.12. The van der Waals surface area contributed by atoms with E-state index in [0.717, 1.165) is 18.2 Å². The summed E-state index contributed by atoms with van der Waals surface area (Å²) in [5, 5.41) is 5.65. The van der Waals surface area contributed by atoms with Gasteiger partial charge >= 0.3 is 0 Å². The maximum atomic E-state index is 14.5. The van der Waals surface area contributed by atoms with Gasteiger partial charge in [-0.1, -0.05) is 20.4 Å². The Kier molecular flexibility index (Phi) is 4.27. The molecule has 0 aliphatic heterocycles. The van der Waals surface area contributed by atoms with Crippen LogP contribution in [-0.4, -0.2) is 7.05 Å². The minimum Gasteiger partial charge on any atom is -0.383 e. The molecule has 25 heavy (non-hydrogen) atoms. The predicted octanol–water partition coefficient (Wildman–Crippen LogP) is 5.78. The van der Waals surface area contributed by atoms with Crippen LogP contribution in [0.2, 0.25) is 0 Å². The Labute approximate surface area is 145 Å². The van der Waals surface area contributed by atoms with Crippen LogP contribution in [0.5, 0.6) is 0 Å². The van der Waals surface area contributed by atoms with Gasteiger partial charge in [0.1, 0.15) is 17.3 Å². The Morgan fingerprint density at radius 1 is 1.08 bits per heavy atom. The summed E-state index contributed by atoms with van der Waals surface area (Å²) >= 11 is 0. The summed E-state index contributed by atoms with van der Waals surface area (Å²) in [5.41, 5.74) is 1.50. The lowest BCUT2D eigenvalue weighted by atomic mass is 10.0. The van der Waals surface area contributed by atoms with E-state index in [9.17, 15) is 13.2 Å². The topological polar surface area (TPSA) is 24.1 Å². The number of rotatable bonds is 5. The molecule has 0 radical (unpaired) electrons. The van der Waals surface area contributed by atoms with Gasteiger partial charge in [-0.15, -0.1) is 0 Å². The number of nitrogens with one attached hydrogen (secondary N) is 2. The normalized spacial score (nSPS) is 17.9. The van der Waals surface area contributed by atoms with Gasteiger partial charge in [-0.3, -0.25) is 0 Å². The van der Waals surface area contributed by atoms with Gasteiger partial charge in [0.2, 0.25) is 0 Å². The van der Waals surface area contributed by atoms with Crippen molar-refractivity contribution in [3.63, 3.8) is 0 Å². The van der Waals surface area contributed by atoms with Crippen LogP contribution < -0.4 is 10.6 Å². The summed E-state index contributed by atoms with van der Waals surface area (Å²) in [7, 11) is 1.42. The van der Waals surface area contributed by atoms with Gasteiger partial charge < -0.3 is 10.6 Å². The second-order valence-corrected chi connectivity index (χ2v) is 7.12. The number of allylic oxidation sites excluding steroid dienone is 1. The van der Waals surface area contributed by atoms with Crippen molar-refractivity contribution >= 4 is 11.4 Å². The molecule has 2 aromatic rings. The first-order chi connectivity index (χ1) is 11.7. The summed E-state index contributed by atoms with van der Waals surface area (Å²) in [5.74, 6) is -1.75. The molecule has 3 rings (SSSR count). The lowest BCUT2D eigenvalue weighted by molar-refractivity contribution is 0.589. The van der Waals surface area contributed by atoms with Gasteiger partial charge in [-0.05, 0) is 42.2 Å². The summed E-state index contributed by atoms with van der Waals surface area (Å²) < 4.78 is 42.4. The third kappa shape index (κ3) is 3.23. The highest BCUT2D eigenvalue weighted by Gasteiger charge is 2.47. The minimum atomic E-state index is -0.819. The Bertz CT molecular complexity index is 843. The SMILES string of the molecule is C=C(Nc1ccc(F)c(-c2ccc(F)c(NC)c2F)c1)C1CC1(C)C. The van der Waals surface area contributed by atoms with Gasteiger partial charge in [0, 0.05) is 35.5 Å². The van der Waals surface area contributed by atoms with E-state index in [1.807, 2.05) is 0 Å². The van der Waals surface area contributed by atoms with E-state index >= 15 is 0 Å². The average Bonchev–Trinajstić information content (AvgIpc) is 3.19. The van der Waals surface area contributed by atoms with Crippen LogP contribution >= 0.6 is 0 Å². The quantitative estimate of drug-likeness (QED) is 0.716. The number of anilines is 2. The van der Waals surface area contributed by atoms with E-state index in [1.54, 1.807) is 6.07 Å². The largest absolute Gasteiger partial charge is 0.383 e. The Morgan fingerprint density at radius 2 is 1.72 bits per heavy atom. The van der Waals surface area contributed by atoms with Crippen molar-refractivity contribution in [2.24, 2.45) is 11.3 Å². The molecule has 0 aromatic heterocycles. The number of halogens is 3. The van der Waals surface area contributed by atoms with Crippen LogP contribution in [0.1, 0.15) is 20.3 Å². The molecule has 2 aromatic carbocycles. The van der Waals surface area contributed by atoms with Crippen LogP contribution in [-0.2, 0) is 0 Å². The fraction of sp³-hybridized carbons (Fsp3) is 0.300. The number of hydrogen-bond acceptors (Lipinski definition) is 2. The van der Waals surface area contributed by atoms with Gasteiger partial charge in [0.25, 0.3) is 0 Å². The molecule has 2 N–H and O–H groups in total. The van der Waals surface area contributed by atoms with Crippen molar-refractivity contribution in [1.29, 1.82) is 0 Å². The van der Waals surface area contributed by atoms with Gasteiger partial charge in [-0.2, -0.15) is 0 Å². The first-order valence-electron chi connectivity index (χ1n) is 8.16. The number of hydrogen-bond donors (Lipinski definition) is 2. The van der Waals surface area contributed by atoms with Crippen molar-refractivity contribution in [2.75, 3.05) is 17.7 Å². The average molecular weight is 346 g/mol. The molecular weight excluding hydrogens is 325 g/mol. The highest BCUT2D eigenvalue weighted by Crippen LogP contribution is 2.55. The lowest BCUT2D eigenvalue weighted by Gasteiger charge is -2.14. The maximum Gasteiger partial charge on any atom is 0.157 e. The van der Waals surface area contributed by atoms with E-state index in [-0.39, 0.29) is 22.2 Å². The molecule has 132 valence electrons. The fourth-order valence-electron chi connectivity index (χ4n) is 3.13. The van der Waals surface area contributed by atoms with Crippen molar-refractivity contribution in [2.45, 2.75) is 20.3 Å². The van der Waals surface area contributed by atoms with Gasteiger partial charge in [-0.25, -0.2) is 13.2 Å². The highest BCUT2D eigenvalue weighted by atomic mass is 19.1. The lowest BCUT2D eigenvalue weighted by Crippen LogP contribution is -2.05. The van der Waals surface area contributed by atoms with Crippen LogP contribution in [0.4, 0.5) is 24.5 Å². The van der Waals surface area contributed by atoms with Gasteiger partial charge in [0.15, 0.2) is 5.82 Å². The molecule has 1 fully saturated rings. The van der Waals surface area contributed by atoms with Gasteiger partial charge in [0.05, 0.1) is 0 Å². The minimum absolute atomic E-state index is 0.00395. The molecule has 1 atom stereocenters. The van der Waals surface area contributed by atoms with Crippen molar-refractivity contribution in [3.05, 3.63) is 60.1 Å². The molecule has 1 unspecified atom stereocenters. The van der Waals surface area contributed by atoms with E-state index in [2.05, 4.69) is 31.1 Å². The summed E-state index contributed by atoms with van der Waals surface area (Å²) in [6, 6.07) is 6.73. The monoisotopic (exact) mass is 346 g/mol. The zero-order valence-corrected chi connectivity index (χ0v) is 14.5. The summed E-state index contributed by atoms with van der Waals surface area (Å²) in [4.78, 5) is 0. The van der Waals surface area contributed by atoms with E-state index in [4.69, 9.17) is 0 Å². The van der Waals surface area contributed by atoms with Crippen molar-refractivity contribution in [1.82, 2.24) is 0 Å². The van der Waals surface area contributed by atoms with Crippen LogP contribution in [0.3, 0.4) is 0 Å². The molecule has 0 saturated heterocycles. The summed E-state index contributed by atoms with van der Waals surface area (Å²) in [6.45, 7) is 8.37. The molecule has 1 aliphatic carbocycles. The van der Waals surface area contributed by atoms with E-state index in [1.165, 1.54) is 25.2 Å². The van der Waals surface area contributed by atoms with E-state index < -0.39 is 17.5 Å². The van der Waals surface area contributed by atoms with Crippen LogP contribution in [0.15, 0.2) is 42.6 Å². The first-order valence-corrected chi connectivity index (χ1v) is 8.16. The maximum absolute atomic E-state index is 14.5. The molecule has 0 bridgehead atoms. The third-order valence-electron chi connectivity index (χ3n) is 4.84. The Hall–Kier alpha value is -2.43. The predicted molar refractivity (Wildman–Crippen MR) is 95.9 cm³/mol. The van der Waals surface area contributed by atoms with E-state index in [0.29, 0.717) is 11.6 Å². The molecule has 0 heterocycles. The summed E-state index contributed by atoms with van der Waals surface area (Å²) in [6.07, 6.45) is 1.05. The molecule has 2 nitrogen and oxygen atoms in total. The fourth-order valence-corrected chi connectivity index (χ4v) is 3.13. The van der Waals surface area contributed by atoms with Crippen molar-refractivity contribution in [3.8, 4) is 11.1 Å². The zero-order chi connectivity index (χ0) is 18.4. The van der Waals surface area contributed by atoms with Crippen LogP contribution in [0.25, 0.3) is 11.1 Å². The first kappa shape index (κ1) is 17.4. The molecule has 1 saturated carbocycles. The Morgan fingerprint density at radius 3 is 2.32 bits per heavy atom. The molecule has 0 spiro atoms. The Balaban J connectivity index is 1.94.